The van der Waals surface area contributed by atoms with Crippen molar-refractivity contribution in [3.8, 4) is 0 Å². The van der Waals surface area contributed by atoms with Gasteiger partial charge in [0.05, 0.1) is 23.8 Å². The van der Waals surface area contributed by atoms with E-state index >= 15 is 0 Å². The van der Waals surface area contributed by atoms with Gasteiger partial charge in [0.15, 0.2) is 0 Å². The molecule has 0 radical (unpaired) electrons. The number of aryl methyl sites for hydroxylation is 1. The molecular weight excluding hydrogens is 347 g/mol. The topological polar surface area (TPSA) is 41.6 Å². The van der Waals surface area contributed by atoms with E-state index in [0.29, 0.717) is 15.6 Å². The van der Waals surface area contributed by atoms with Crippen molar-refractivity contribution < 1.29 is 9.53 Å². The third-order valence-corrected chi connectivity index (χ3v) is 4.57. The first-order valence-corrected chi connectivity index (χ1v) is 8.50. The number of halogens is 2. The molecule has 24 heavy (non-hydrogen) atoms. The van der Waals surface area contributed by atoms with Gasteiger partial charge in [-0.1, -0.05) is 23.2 Å². The Hall–Kier alpha value is -1.75. The molecule has 0 aromatic heterocycles. The number of carbonyl (C=O) groups excluding carboxylic acids is 1. The van der Waals surface area contributed by atoms with Crippen LogP contribution in [0.2, 0.25) is 10.0 Å². The molecule has 0 unspecified atom stereocenters. The largest absolute Gasteiger partial charge is 0.378 e. The normalized spacial score (nSPS) is 14.5. The van der Waals surface area contributed by atoms with Crippen LogP contribution in [0.3, 0.4) is 0 Å². The summed E-state index contributed by atoms with van der Waals surface area (Å²) in [6.45, 7) is 5.21. The number of morpholine rings is 1. The van der Waals surface area contributed by atoms with E-state index in [4.69, 9.17) is 27.9 Å². The SMILES string of the molecule is Cc1cc(N2CCOCC2)ccc1NC(=O)c1cc(Cl)ccc1Cl. The number of rotatable bonds is 3. The Kier molecular flexibility index (Phi) is 5.29. The molecule has 126 valence electrons. The maximum atomic E-state index is 12.4. The van der Waals surface area contributed by atoms with Crippen LogP contribution in [0.15, 0.2) is 36.4 Å². The zero-order valence-electron chi connectivity index (χ0n) is 13.3. The van der Waals surface area contributed by atoms with Gasteiger partial charge in [0.1, 0.15) is 0 Å². The molecule has 0 bridgehead atoms. The molecule has 0 saturated carbocycles. The molecule has 4 nitrogen and oxygen atoms in total. The van der Waals surface area contributed by atoms with Crippen LogP contribution in [0.25, 0.3) is 0 Å². The van der Waals surface area contributed by atoms with Crippen molar-refractivity contribution in [2.75, 3.05) is 36.5 Å². The van der Waals surface area contributed by atoms with Crippen LogP contribution >= 0.6 is 23.2 Å². The smallest absolute Gasteiger partial charge is 0.257 e. The predicted octanol–water partition coefficient (Wildman–Crippen LogP) is 4.39. The molecule has 3 rings (SSSR count). The van der Waals surface area contributed by atoms with Crippen LogP contribution in [0.4, 0.5) is 11.4 Å². The highest BCUT2D eigenvalue weighted by Crippen LogP contribution is 2.26. The standard InChI is InChI=1S/C18H18Cl2N2O2/c1-12-10-14(22-6-8-24-9-7-22)3-5-17(12)21-18(23)15-11-13(19)2-4-16(15)20/h2-5,10-11H,6-9H2,1H3,(H,21,23). The Balaban J connectivity index is 1.77. The summed E-state index contributed by atoms with van der Waals surface area (Å²) in [6, 6.07) is 10.8. The fraction of sp³-hybridized carbons (Fsp3) is 0.278. The quantitative estimate of drug-likeness (QED) is 0.877. The van der Waals surface area contributed by atoms with Crippen molar-refractivity contribution in [3.05, 3.63) is 57.6 Å². The fourth-order valence-corrected chi connectivity index (χ4v) is 3.04. The highest BCUT2D eigenvalue weighted by atomic mass is 35.5. The van der Waals surface area contributed by atoms with Crippen molar-refractivity contribution in [3.63, 3.8) is 0 Å². The predicted molar refractivity (Wildman–Crippen MR) is 98.6 cm³/mol. The van der Waals surface area contributed by atoms with Gasteiger partial charge in [0.2, 0.25) is 0 Å². The second-order valence-corrected chi connectivity index (χ2v) is 6.52. The molecule has 2 aromatic carbocycles. The lowest BCUT2D eigenvalue weighted by molar-refractivity contribution is 0.102. The average molecular weight is 365 g/mol. The van der Waals surface area contributed by atoms with E-state index in [9.17, 15) is 4.79 Å². The van der Waals surface area contributed by atoms with Gasteiger partial charge >= 0.3 is 0 Å². The summed E-state index contributed by atoms with van der Waals surface area (Å²) in [4.78, 5) is 14.7. The zero-order valence-corrected chi connectivity index (χ0v) is 14.8. The Morgan fingerprint density at radius 2 is 1.88 bits per heavy atom. The third-order valence-electron chi connectivity index (χ3n) is 4.01. The summed E-state index contributed by atoms with van der Waals surface area (Å²) >= 11 is 12.0. The number of amides is 1. The number of carbonyl (C=O) groups is 1. The van der Waals surface area contributed by atoms with E-state index in [1.54, 1.807) is 18.2 Å². The molecule has 1 heterocycles. The van der Waals surface area contributed by atoms with E-state index in [1.807, 2.05) is 19.1 Å². The van der Waals surface area contributed by atoms with E-state index in [2.05, 4.69) is 16.3 Å². The fourth-order valence-electron chi connectivity index (χ4n) is 2.67. The molecule has 0 atom stereocenters. The maximum Gasteiger partial charge on any atom is 0.257 e. The minimum Gasteiger partial charge on any atom is -0.378 e. The minimum absolute atomic E-state index is 0.273. The molecule has 1 aliphatic rings. The number of nitrogens with one attached hydrogen (secondary N) is 1. The van der Waals surface area contributed by atoms with E-state index < -0.39 is 0 Å². The first kappa shape index (κ1) is 17.1. The Labute approximate surface area is 151 Å². The van der Waals surface area contributed by atoms with E-state index in [1.165, 1.54) is 0 Å². The van der Waals surface area contributed by atoms with E-state index in [-0.39, 0.29) is 5.91 Å². The lowest BCUT2D eigenvalue weighted by Gasteiger charge is -2.29. The Bertz CT molecular complexity index is 759. The molecule has 0 spiro atoms. The van der Waals surface area contributed by atoms with Crippen LogP contribution < -0.4 is 10.2 Å². The van der Waals surface area contributed by atoms with Crippen molar-refractivity contribution in [2.24, 2.45) is 0 Å². The van der Waals surface area contributed by atoms with Crippen LogP contribution in [0, 0.1) is 6.92 Å². The average Bonchev–Trinajstić information content (AvgIpc) is 2.59. The monoisotopic (exact) mass is 364 g/mol. The lowest BCUT2D eigenvalue weighted by atomic mass is 10.1. The van der Waals surface area contributed by atoms with Crippen molar-refractivity contribution in [1.29, 1.82) is 0 Å². The Morgan fingerprint density at radius 1 is 1.12 bits per heavy atom. The summed E-state index contributed by atoms with van der Waals surface area (Å²) in [5.41, 5.74) is 3.24. The maximum absolute atomic E-state index is 12.4. The summed E-state index contributed by atoms with van der Waals surface area (Å²) in [7, 11) is 0. The van der Waals surface area contributed by atoms with E-state index in [0.717, 1.165) is 43.2 Å². The number of nitrogens with zero attached hydrogens (tertiary/aromatic N) is 1. The molecule has 6 heteroatoms. The number of anilines is 2. The number of hydrogen-bond donors (Lipinski definition) is 1. The van der Waals surface area contributed by atoms with Crippen LogP contribution in [0.1, 0.15) is 15.9 Å². The number of hydrogen-bond acceptors (Lipinski definition) is 3. The van der Waals surface area contributed by atoms with Gasteiger partial charge in [-0.3, -0.25) is 4.79 Å². The molecule has 1 amide bonds. The van der Waals surface area contributed by atoms with Gasteiger partial charge in [-0.15, -0.1) is 0 Å². The van der Waals surface area contributed by atoms with Gasteiger partial charge in [0, 0.05) is 29.5 Å². The first-order valence-electron chi connectivity index (χ1n) is 7.74. The third kappa shape index (κ3) is 3.83. The number of benzene rings is 2. The highest BCUT2D eigenvalue weighted by Gasteiger charge is 2.15. The molecule has 2 aromatic rings. The molecule has 1 aliphatic heterocycles. The van der Waals surface area contributed by atoms with Crippen molar-refractivity contribution in [1.82, 2.24) is 0 Å². The first-order chi connectivity index (χ1) is 11.5. The molecule has 1 saturated heterocycles. The van der Waals surface area contributed by atoms with Crippen LogP contribution in [-0.2, 0) is 4.74 Å². The molecular formula is C18H18Cl2N2O2. The lowest BCUT2D eigenvalue weighted by Crippen LogP contribution is -2.36. The van der Waals surface area contributed by atoms with Gasteiger partial charge in [0.25, 0.3) is 5.91 Å². The molecule has 0 aliphatic carbocycles. The summed E-state index contributed by atoms with van der Waals surface area (Å²) < 4.78 is 5.38. The van der Waals surface area contributed by atoms with Crippen LogP contribution in [-0.4, -0.2) is 32.2 Å². The second-order valence-electron chi connectivity index (χ2n) is 5.68. The van der Waals surface area contributed by atoms with Gasteiger partial charge in [-0.25, -0.2) is 0 Å². The van der Waals surface area contributed by atoms with Crippen molar-refractivity contribution >= 4 is 40.5 Å². The summed E-state index contributed by atoms with van der Waals surface area (Å²) in [5.74, 6) is -0.273. The highest BCUT2D eigenvalue weighted by molar-refractivity contribution is 6.36. The Morgan fingerprint density at radius 3 is 2.58 bits per heavy atom. The molecule has 1 N–H and O–H groups in total. The van der Waals surface area contributed by atoms with Crippen LogP contribution in [0.5, 0.6) is 0 Å². The summed E-state index contributed by atoms with van der Waals surface area (Å²) in [5, 5.41) is 3.75. The molecule has 1 fully saturated rings. The summed E-state index contributed by atoms with van der Waals surface area (Å²) in [6.07, 6.45) is 0. The minimum atomic E-state index is -0.273. The van der Waals surface area contributed by atoms with Crippen molar-refractivity contribution in [2.45, 2.75) is 6.92 Å². The van der Waals surface area contributed by atoms with Gasteiger partial charge < -0.3 is 15.0 Å². The zero-order chi connectivity index (χ0) is 17.1. The number of ether oxygens (including phenoxy) is 1. The second kappa shape index (κ2) is 7.43. The van der Waals surface area contributed by atoms with Gasteiger partial charge in [-0.05, 0) is 48.9 Å². The van der Waals surface area contributed by atoms with Gasteiger partial charge in [-0.2, -0.15) is 0 Å².